The second kappa shape index (κ2) is 5.12. The highest BCUT2D eigenvalue weighted by atomic mass is 16.2. The van der Waals surface area contributed by atoms with Crippen molar-refractivity contribution in [2.45, 2.75) is 37.5 Å². The van der Waals surface area contributed by atoms with Crippen LogP contribution in [0.2, 0.25) is 0 Å². The predicted molar refractivity (Wildman–Crippen MR) is 84.2 cm³/mol. The van der Waals surface area contributed by atoms with E-state index in [1.54, 1.807) is 11.7 Å². The van der Waals surface area contributed by atoms with Crippen molar-refractivity contribution in [3.63, 3.8) is 0 Å². The molecule has 1 aliphatic heterocycles. The number of nitrogens with one attached hydrogen (secondary N) is 1. The van der Waals surface area contributed by atoms with E-state index in [4.69, 9.17) is 4.98 Å². The second-order valence-electron chi connectivity index (χ2n) is 7.38. The molecule has 126 valence electrons. The Bertz CT molecular complexity index is 773. The molecule has 8 nitrogen and oxygen atoms in total. The van der Waals surface area contributed by atoms with Crippen LogP contribution >= 0.6 is 0 Å². The Kier molecular flexibility index (Phi) is 3.01. The lowest BCUT2D eigenvalue weighted by molar-refractivity contribution is 0.0767. The van der Waals surface area contributed by atoms with Crippen LogP contribution in [0, 0.1) is 11.8 Å². The van der Waals surface area contributed by atoms with Gasteiger partial charge in [0.1, 0.15) is 12.2 Å². The number of carbonyl (C=O) groups is 1. The van der Waals surface area contributed by atoms with E-state index in [0.717, 1.165) is 18.2 Å². The minimum absolute atomic E-state index is 0.0370. The number of H-pyrrole nitrogens is 1. The number of aromatic amines is 1. The van der Waals surface area contributed by atoms with Crippen LogP contribution in [-0.2, 0) is 7.05 Å². The van der Waals surface area contributed by atoms with Crippen LogP contribution in [0.15, 0.2) is 6.33 Å². The Hall–Kier alpha value is -2.25. The molecular weight excluding hydrogens is 306 g/mol. The molecule has 3 aliphatic rings. The number of aromatic nitrogens is 6. The van der Waals surface area contributed by atoms with Gasteiger partial charge in [0, 0.05) is 32.0 Å². The fraction of sp³-hybridized carbons (Fsp3) is 0.688. The van der Waals surface area contributed by atoms with Crippen LogP contribution in [0.1, 0.15) is 59.8 Å². The van der Waals surface area contributed by atoms with Crippen molar-refractivity contribution in [3.8, 4) is 0 Å². The number of hydrogen-bond acceptors (Lipinski definition) is 5. The smallest absolute Gasteiger partial charge is 0.291 e. The average Bonchev–Trinajstić information content (AvgIpc) is 3.48. The van der Waals surface area contributed by atoms with Crippen molar-refractivity contribution < 1.29 is 4.79 Å². The lowest BCUT2D eigenvalue weighted by atomic mass is 9.91. The van der Waals surface area contributed by atoms with Gasteiger partial charge in [0.15, 0.2) is 5.82 Å². The molecule has 0 radical (unpaired) electrons. The van der Waals surface area contributed by atoms with Crippen molar-refractivity contribution in [2.24, 2.45) is 18.9 Å². The quantitative estimate of drug-likeness (QED) is 0.907. The molecule has 8 heteroatoms. The first-order valence-corrected chi connectivity index (χ1v) is 8.76. The largest absolute Gasteiger partial charge is 0.335 e. The van der Waals surface area contributed by atoms with Gasteiger partial charge < -0.3 is 4.90 Å². The zero-order valence-electron chi connectivity index (χ0n) is 13.7. The standard InChI is InChI=1S/C16H21N7O/c1-22-15(17-8-18-22)16(24)23-6-11(9-2-3-9)12(7-23)14-19-13(20-21-14)10-4-5-10/h8-12H,2-7H2,1H3,(H,19,20,21)/t11-,12+/m1/s1. The molecule has 2 aromatic rings. The molecule has 3 heterocycles. The van der Waals surface area contributed by atoms with Gasteiger partial charge >= 0.3 is 0 Å². The number of hydrogen-bond donors (Lipinski definition) is 1. The highest BCUT2D eigenvalue weighted by molar-refractivity contribution is 5.90. The number of amides is 1. The summed E-state index contributed by atoms with van der Waals surface area (Å²) in [5.41, 5.74) is 0. The van der Waals surface area contributed by atoms with Crippen LogP contribution in [0.4, 0.5) is 0 Å². The summed E-state index contributed by atoms with van der Waals surface area (Å²) in [6, 6.07) is 0. The summed E-state index contributed by atoms with van der Waals surface area (Å²) in [7, 11) is 1.75. The number of rotatable bonds is 4. The van der Waals surface area contributed by atoms with E-state index in [2.05, 4.69) is 20.3 Å². The van der Waals surface area contributed by atoms with E-state index in [1.165, 1.54) is 32.0 Å². The summed E-state index contributed by atoms with van der Waals surface area (Å²) in [5.74, 6) is 4.27. The monoisotopic (exact) mass is 327 g/mol. The summed E-state index contributed by atoms with van der Waals surface area (Å²) in [5, 5.41) is 11.6. The van der Waals surface area contributed by atoms with E-state index >= 15 is 0 Å². The van der Waals surface area contributed by atoms with E-state index in [0.29, 0.717) is 30.1 Å². The first-order chi connectivity index (χ1) is 11.7. The molecule has 0 aromatic carbocycles. The molecule has 0 bridgehead atoms. The number of aryl methyl sites for hydroxylation is 1. The first-order valence-electron chi connectivity index (χ1n) is 8.76. The first kappa shape index (κ1) is 14.1. The van der Waals surface area contributed by atoms with Gasteiger partial charge in [0.25, 0.3) is 5.91 Å². The van der Waals surface area contributed by atoms with Crippen molar-refractivity contribution in [2.75, 3.05) is 13.1 Å². The highest BCUT2D eigenvalue weighted by Crippen LogP contribution is 2.47. The highest BCUT2D eigenvalue weighted by Gasteiger charge is 2.46. The van der Waals surface area contributed by atoms with Crippen LogP contribution in [0.5, 0.6) is 0 Å². The average molecular weight is 327 g/mol. The minimum atomic E-state index is -0.0370. The van der Waals surface area contributed by atoms with Gasteiger partial charge in [-0.05, 0) is 37.5 Å². The Morgan fingerprint density at radius 2 is 2.08 bits per heavy atom. The molecule has 24 heavy (non-hydrogen) atoms. The summed E-state index contributed by atoms with van der Waals surface area (Å²) >= 11 is 0. The number of nitrogens with zero attached hydrogens (tertiary/aromatic N) is 6. The third-order valence-corrected chi connectivity index (χ3v) is 5.60. The lowest BCUT2D eigenvalue weighted by Gasteiger charge is -2.15. The number of likely N-dealkylation sites (tertiary alicyclic amines) is 1. The van der Waals surface area contributed by atoms with Gasteiger partial charge in [-0.1, -0.05) is 0 Å². The third kappa shape index (κ3) is 2.32. The van der Waals surface area contributed by atoms with Crippen molar-refractivity contribution in [3.05, 3.63) is 23.8 Å². The second-order valence-corrected chi connectivity index (χ2v) is 7.38. The SMILES string of the molecule is Cn1ncnc1C(=O)N1C[C@H](c2nc(C3CC3)n[nH]2)[C@@H](C2CC2)C1. The fourth-order valence-corrected chi connectivity index (χ4v) is 3.90. The van der Waals surface area contributed by atoms with Crippen LogP contribution in [0.25, 0.3) is 0 Å². The summed E-state index contributed by atoms with van der Waals surface area (Å²) in [6.07, 6.45) is 6.35. The van der Waals surface area contributed by atoms with Gasteiger partial charge in [-0.25, -0.2) is 14.6 Å². The van der Waals surface area contributed by atoms with Crippen LogP contribution in [0.3, 0.4) is 0 Å². The Labute approximate surface area is 139 Å². The van der Waals surface area contributed by atoms with E-state index in [9.17, 15) is 4.79 Å². The van der Waals surface area contributed by atoms with Gasteiger partial charge in [0.2, 0.25) is 5.82 Å². The number of carbonyl (C=O) groups excluding carboxylic acids is 1. The maximum atomic E-state index is 12.8. The van der Waals surface area contributed by atoms with Gasteiger partial charge in [-0.2, -0.15) is 10.2 Å². The minimum Gasteiger partial charge on any atom is -0.335 e. The molecule has 3 fully saturated rings. The van der Waals surface area contributed by atoms with Gasteiger partial charge in [-0.15, -0.1) is 0 Å². The van der Waals surface area contributed by atoms with Crippen molar-refractivity contribution in [1.82, 2.24) is 34.8 Å². The summed E-state index contributed by atoms with van der Waals surface area (Å²) < 4.78 is 1.54. The molecule has 2 aromatic heterocycles. The molecule has 1 N–H and O–H groups in total. The lowest BCUT2D eigenvalue weighted by Crippen LogP contribution is -2.31. The van der Waals surface area contributed by atoms with Gasteiger partial charge in [0.05, 0.1) is 0 Å². The molecule has 0 unspecified atom stereocenters. The van der Waals surface area contributed by atoms with Crippen molar-refractivity contribution in [1.29, 1.82) is 0 Å². The van der Waals surface area contributed by atoms with E-state index in [1.807, 2.05) is 4.90 Å². The molecule has 1 saturated heterocycles. The Balaban J connectivity index is 1.39. The van der Waals surface area contributed by atoms with Crippen LogP contribution < -0.4 is 0 Å². The maximum absolute atomic E-state index is 12.8. The third-order valence-electron chi connectivity index (χ3n) is 5.60. The zero-order chi connectivity index (χ0) is 16.3. The summed E-state index contributed by atoms with van der Waals surface area (Å²) in [6.45, 7) is 1.46. The van der Waals surface area contributed by atoms with E-state index in [-0.39, 0.29) is 11.8 Å². The Morgan fingerprint density at radius 1 is 1.25 bits per heavy atom. The molecule has 2 saturated carbocycles. The predicted octanol–water partition coefficient (Wildman–Crippen LogP) is 1.08. The maximum Gasteiger partial charge on any atom is 0.291 e. The summed E-state index contributed by atoms with van der Waals surface area (Å²) in [4.78, 5) is 23.5. The molecule has 2 atom stereocenters. The Morgan fingerprint density at radius 3 is 2.75 bits per heavy atom. The van der Waals surface area contributed by atoms with Gasteiger partial charge in [-0.3, -0.25) is 9.89 Å². The van der Waals surface area contributed by atoms with E-state index < -0.39 is 0 Å². The molecule has 5 rings (SSSR count). The van der Waals surface area contributed by atoms with Crippen LogP contribution in [-0.4, -0.2) is 53.8 Å². The molecule has 2 aliphatic carbocycles. The van der Waals surface area contributed by atoms with Crippen molar-refractivity contribution >= 4 is 5.91 Å². The topological polar surface area (TPSA) is 92.6 Å². The molecular formula is C16H21N7O. The fourth-order valence-electron chi connectivity index (χ4n) is 3.90. The normalized spacial score (nSPS) is 27.0. The molecule has 1 amide bonds. The zero-order valence-corrected chi connectivity index (χ0v) is 13.7. The molecule has 0 spiro atoms.